The number of carbonyl (C=O) groups is 3. The van der Waals surface area contributed by atoms with E-state index in [4.69, 9.17) is 9.84 Å². The molecule has 0 spiro atoms. The van der Waals surface area contributed by atoms with Gasteiger partial charge in [0.05, 0.1) is 5.69 Å². The number of carbonyl (C=O) groups excluding carboxylic acids is 2. The van der Waals surface area contributed by atoms with Gasteiger partial charge in [-0.05, 0) is 25.1 Å². The molecule has 1 aliphatic rings. The standard InChI is InChI=1S/C12H12N2O5/c1-6-12(18)14-8-4-7(2-3-9(8)19-6)13-10(15)5-11(16)17/h2-4,6H,5H2,1H3,(H,13,15)(H,14,18)(H,16,17). The molecule has 0 radical (unpaired) electrons. The predicted molar refractivity (Wildman–Crippen MR) is 66.0 cm³/mol. The van der Waals surface area contributed by atoms with Crippen molar-refractivity contribution < 1.29 is 24.2 Å². The van der Waals surface area contributed by atoms with Crippen LogP contribution in [0.25, 0.3) is 0 Å². The molecule has 0 saturated carbocycles. The molecule has 1 atom stereocenters. The maximum atomic E-state index is 11.4. The number of carboxylic acid groups (broad SMARTS) is 1. The van der Waals surface area contributed by atoms with Crippen molar-refractivity contribution in [1.82, 2.24) is 0 Å². The Morgan fingerprint density at radius 1 is 1.47 bits per heavy atom. The lowest BCUT2D eigenvalue weighted by atomic mass is 10.2. The molecule has 100 valence electrons. The number of aliphatic carboxylic acids is 1. The fourth-order valence-electron chi connectivity index (χ4n) is 1.63. The molecule has 0 aromatic heterocycles. The van der Waals surface area contributed by atoms with E-state index in [9.17, 15) is 14.4 Å². The normalized spacial score (nSPS) is 16.9. The smallest absolute Gasteiger partial charge is 0.312 e. The summed E-state index contributed by atoms with van der Waals surface area (Å²) in [7, 11) is 0. The van der Waals surface area contributed by atoms with Gasteiger partial charge in [0.2, 0.25) is 5.91 Å². The summed E-state index contributed by atoms with van der Waals surface area (Å²) in [6.07, 6.45) is -1.18. The molecule has 1 aliphatic heterocycles. The lowest BCUT2D eigenvalue weighted by Gasteiger charge is -2.23. The summed E-state index contributed by atoms with van der Waals surface area (Å²) in [4.78, 5) is 33.1. The van der Waals surface area contributed by atoms with E-state index >= 15 is 0 Å². The molecule has 1 aromatic carbocycles. The summed E-state index contributed by atoms with van der Waals surface area (Å²) in [5.41, 5.74) is 0.833. The number of benzene rings is 1. The van der Waals surface area contributed by atoms with Gasteiger partial charge < -0.3 is 20.5 Å². The number of carboxylic acids is 1. The van der Waals surface area contributed by atoms with E-state index in [0.29, 0.717) is 17.1 Å². The van der Waals surface area contributed by atoms with Crippen molar-refractivity contribution in [2.45, 2.75) is 19.4 Å². The molecule has 1 aromatic rings. The Bertz CT molecular complexity index is 555. The van der Waals surface area contributed by atoms with Crippen LogP contribution in [-0.4, -0.2) is 29.0 Å². The average molecular weight is 264 g/mol. The zero-order valence-corrected chi connectivity index (χ0v) is 10.1. The maximum absolute atomic E-state index is 11.4. The van der Waals surface area contributed by atoms with Gasteiger partial charge in [0.25, 0.3) is 5.91 Å². The molecule has 0 saturated heterocycles. The van der Waals surface area contributed by atoms with Gasteiger partial charge in [-0.25, -0.2) is 0 Å². The van der Waals surface area contributed by atoms with Gasteiger partial charge in [0.15, 0.2) is 6.10 Å². The highest BCUT2D eigenvalue weighted by Gasteiger charge is 2.23. The molecule has 1 unspecified atom stereocenters. The number of fused-ring (bicyclic) bond motifs is 1. The Hall–Kier alpha value is -2.57. The van der Waals surface area contributed by atoms with Gasteiger partial charge in [0.1, 0.15) is 12.2 Å². The second kappa shape index (κ2) is 4.97. The summed E-state index contributed by atoms with van der Waals surface area (Å²) < 4.78 is 5.35. The second-order valence-corrected chi connectivity index (χ2v) is 4.08. The monoisotopic (exact) mass is 264 g/mol. The first-order valence-electron chi connectivity index (χ1n) is 5.59. The van der Waals surface area contributed by atoms with Crippen molar-refractivity contribution in [3.8, 4) is 5.75 Å². The van der Waals surface area contributed by atoms with Gasteiger partial charge in [-0.3, -0.25) is 14.4 Å². The highest BCUT2D eigenvalue weighted by molar-refractivity contribution is 6.02. The van der Waals surface area contributed by atoms with Crippen molar-refractivity contribution in [1.29, 1.82) is 0 Å². The maximum Gasteiger partial charge on any atom is 0.312 e. The van der Waals surface area contributed by atoms with Crippen LogP contribution in [0.2, 0.25) is 0 Å². The van der Waals surface area contributed by atoms with E-state index < -0.39 is 24.4 Å². The highest BCUT2D eigenvalue weighted by Crippen LogP contribution is 2.32. The Morgan fingerprint density at radius 2 is 2.21 bits per heavy atom. The molecule has 0 aliphatic carbocycles. The molecular formula is C12H12N2O5. The molecule has 0 fully saturated rings. The summed E-state index contributed by atoms with van der Waals surface area (Å²) in [5, 5.41) is 13.5. The first kappa shape index (κ1) is 12.9. The number of hydrogen-bond acceptors (Lipinski definition) is 4. The van der Waals surface area contributed by atoms with Crippen LogP contribution < -0.4 is 15.4 Å². The van der Waals surface area contributed by atoms with E-state index in [1.807, 2.05) is 0 Å². The van der Waals surface area contributed by atoms with Crippen LogP contribution in [0.1, 0.15) is 13.3 Å². The third-order valence-electron chi connectivity index (χ3n) is 2.51. The molecule has 3 N–H and O–H groups in total. The Labute approximate surface area is 108 Å². The lowest BCUT2D eigenvalue weighted by Crippen LogP contribution is -2.34. The zero-order chi connectivity index (χ0) is 14.0. The van der Waals surface area contributed by atoms with E-state index in [1.165, 1.54) is 6.07 Å². The average Bonchev–Trinajstić information content (AvgIpc) is 2.30. The highest BCUT2D eigenvalue weighted by atomic mass is 16.5. The summed E-state index contributed by atoms with van der Waals surface area (Å²) in [6.45, 7) is 1.63. The van der Waals surface area contributed by atoms with E-state index in [1.54, 1.807) is 19.1 Å². The second-order valence-electron chi connectivity index (χ2n) is 4.08. The van der Waals surface area contributed by atoms with Crippen LogP contribution in [0, 0.1) is 0 Å². The number of ether oxygens (including phenoxy) is 1. The van der Waals surface area contributed by atoms with Crippen LogP contribution in [0.5, 0.6) is 5.75 Å². The topological polar surface area (TPSA) is 105 Å². The Balaban J connectivity index is 2.13. The molecule has 2 rings (SSSR count). The van der Waals surface area contributed by atoms with Crippen LogP contribution in [0.3, 0.4) is 0 Å². The van der Waals surface area contributed by atoms with Crippen molar-refractivity contribution in [3.63, 3.8) is 0 Å². The van der Waals surface area contributed by atoms with E-state index in [0.717, 1.165) is 0 Å². The third kappa shape index (κ3) is 3.01. The predicted octanol–water partition coefficient (Wildman–Crippen LogP) is 0.819. The lowest BCUT2D eigenvalue weighted by molar-refractivity contribution is -0.139. The molecule has 0 bridgehead atoms. The molecule has 1 heterocycles. The van der Waals surface area contributed by atoms with Gasteiger partial charge >= 0.3 is 5.97 Å². The fraction of sp³-hybridized carbons (Fsp3) is 0.250. The van der Waals surface area contributed by atoms with Crippen LogP contribution in [-0.2, 0) is 14.4 Å². The third-order valence-corrected chi connectivity index (χ3v) is 2.51. The Kier molecular flexibility index (Phi) is 3.37. The summed E-state index contributed by atoms with van der Waals surface area (Å²) in [5.74, 6) is -1.62. The van der Waals surface area contributed by atoms with Crippen molar-refractivity contribution >= 4 is 29.2 Å². The van der Waals surface area contributed by atoms with Crippen LogP contribution >= 0.6 is 0 Å². The summed E-state index contributed by atoms with van der Waals surface area (Å²) >= 11 is 0. The minimum absolute atomic E-state index is 0.276. The first-order chi connectivity index (χ1) is 8.95. The number of amides is 2. The largest absolute Gasteiger partial charge is 0.481 e. The van der Waals surface area contributed by atoms with Crippen LogP contribution in [0.4, 0.5) is 11.4 Å². The number of rotatable bonds is 3. The van der Waals surface area contributed by atoms with Crippen molar-refractivity contribution in [3.05, 3.63) is 18.2 Å². The molecular weight excluding hydrogens is 252 g/mol. The minimum atomic E-state index is -1.21. The van der Waals surface area contributed by atoms with E-state index in [-0.39, 0.29) is 5.91 Å². The quantitative estimate of drug-likeness (QED) is 0.701. The number of hydrogen-bond donors (Lipinski definition) is 3. The van der Waals surface area contributed by atoms with Crippen molar-refractivity contribution in [2.75, 3.05) is 10.6 Å². The molecule has 7 nitrogen and oxygen atoms in total. The first-order valence-corrected chi connectivity index (χ1v) is 5.59. The van der Waals surface area contributed by atoms with Gasteiger partial charge in [-0.1, -0.05) is 0 Å². The number of anilines is 2. The van der Waals surface area contributed by atoms with E-state index in [2.05, 4.69) is 10.6 Å². The molecule has 7 heteroatoms. The SMILES string of the molecule is CC1Oc2ccc(NC(=O)CC(=O)O)cc2NC1=O. The molecule has 2 amide bonds. The zero-order valence-electron chi connectivity index (χ0n) is 10.1. The Morgan fingerprint density at radius 3 is 2.89 bits per heavy atom. The fourth-order valence-corrected chi connectivity index (χ4v) is 1.63. The van der Waals surface area contributed by atoms with Gasteiger partial charge in [0, 0.05) is 5.69 Å². The van der Waals surface area contributed by atoms with Crippen molar-refractivity contribution in [2.24, 2.45) is 0 Å². The minimum Gasteiger partial charge on any atom is -0.481 e. The summed E-state index contributed by atoms with van der Waals surface area (Å²) in [6, 6.07) is 4.68. The van der Waals surface area contributed by atoms with Crippen LogP contribution in [0.15, 0.2) is 18.2 Å². The molecule has 19 heavy (non-hydrogen) atoms. The van der Waals surface area contributed by atoms with Gasteiger partial charge in [-0.15, -0.1) is 0 Å². The number of nitrogens with one attached hydrogen (secondary N) is 2. The van der Waals surface area contributed by atoms with Gasteiger partial charge in [-0.2, -0.15) is 0 Å².